The molecule has 2 aromatic rings. The molecule has 2 heterocycles. The Labute approximate surface area is 143 Å². The number of aromatic nitrogens is 1. The van der Waals surface area contributed by atoms with Crippen molar-refractivity contribution in [1.29, 1.82) is 0 Å². The molecule has 4 heteroatoms. The molecular weight excluding hydrogens is 300 g/mol. The highest BCUT2D eigenvalue weighted by molar-refractivity contribution is 5.76. The van der Waals surface area contributed by atoms with Crippen molar-refractivity contribution in [2.45, 2.75) is 31.6 Å². The van der Waals surface area contributed by atoms with Gasteiger partial charge in [0.15, 0.2) is 0 Å². The number of aryl methyl sites for hydroxylation is 1. The number of ether oxygens (including phenoxy) is 1. The zero-order valence-corrected chi connectivity index (χ0v) is 14.1. The van der Waals surface area contributed by atoms with Crippen molar-refractivity contribution in [2.75, 3.05) is 20.2 Å². The van der Waals surface area contributed by atoms with Gasteiger partial charge in [-0.2, -0.15) is 0 Å². The molecule has 1 aromatic heterocycles. The van der Waals surface area contributed by atoms with Gasteiger partial charge in [-0.05, 0) is 48.4 Å². The number of likely N-dealkylation sites (tertiary alicyclic amines) is 1. The second kappa shape index (κ2) is 7.95. The number of amides is 1. The van der Waals surface area contributed by atoms with Crippen LogP contribution in [0.3, 0.4) is 0 Å². The Bertz CT molecular complexity index is 664. The van der Waals surface area contributed by atoms with E-state index in [-0.39, 0.29) is 5.91 Å². The van der Waals surface area contributed by atoms with Crippen LogP contribution in [0.15, 0.2) is 48.8 Å². The molecule has 0 spiro atoms. The van der Waals surface area contributed by atoms with E-state index in [0.29, 0.717) is 12.3 Å². The maximum atomic E-state index is 12.4. The first-order valence-electron chi connectivity index (χ1n) is 8.57. The lowest BCUT2D eigenvalue weighted by atomic mass is 9.88. The van der Waals surface area contributed by atoms with Gasteiger partial charge in [0.25, 0.3) is 0 Å². The molecule has 126 valence electrons. The zero-order chi connectivity index (χ0) is 16.8. The third-order valence-corrected chi connectivity index (χ3v) is 4.78. The lowest BCUT2D eigenvalue weighted by molar-refractivity contribution is -0.132. The van der Waals surface area contributed by atoms with Crippen molar-refractivity contribution < 1.29 is 9.53 Å². The van der Waals surface area contributed by atoms with Gasteiger partial charge >= 0.3 is 0 Å². The molecule has 0 bridgehead atoms. The Balaban J connectivity index is 1.52. The van der Waals surface area contributed by atoms with E-state index >= 15 is 0 Å². The van der Waals surface area contributed by atoms with E-state index in [1.807, 2.05) is 35.4 Å². The monoisotopic (exact) mass is 324 g/mol. The summed E-state index contributed by atoms with van der Waals surface area (Å²) < 4.78 is 5.47. The minimum atomic E-state index is 0.248. The molecule has 0 atom stereocenters. The van der Waals surface area contributed by atoms with Crippen LogP contribution >= 0.6 is 0 Å². The van der Waals surface area contributed by atoms with Crippen LogP contribution in [-0.4, -0.2) is 36.0 Å². The molecule has 1 aliphatic rings. The van der Waals surface area contributed by atoms with E-state index in [1.54, 1.807) is 13.3 Å². The number of para-hydroxylation sites is 1. The second-order valence-corrected chi connectivity index (χ2v) is 6.26. The average Bonchev–Trinajstić information content (AvgIpc) is 2.67. The molecule has 4 nitrogen and oxygen atoms in total. The summed E-state index contributed by atoms with van der Waals surface area (Å²) in [4.78, 5) is 18.5. The van der Waals surface area contributed by atoms with Crippen LogP contribution in [0, 0.1) is 0 Å². The molecular formula is C20H24N2O2. The predicted molar refractivity (Wildman–Crippen MR) is 94.1 cm³/mol. The van der Waals surface area contributed by atoms with Crippen molar-refractivity contribution in [1.82, 2.24) is 9.88 Å². The summed E-state index contributed by atoms with van der Waals surface area (Å²) in [6.07, 6.45) is 6.91. The van der Waals surface area contributed by atoms with Gasteiger partial charge in [-0.15, -0.1) is 0 Å². The van der Waals surface area contributed by atoms with E-state index in [0.717, 1.165) is 43.7 Å². The Kier molecular flexibility index (Phi) is 5.47. The molecule has 1 fully saturated rings. The Morgan fingerprint density at radius 3 is 2.71 bits per heavy atom. The first-order chi connectivity index (χ1) is 11.8. The second-order valence-electron chi connectivity index (χ2n) is 6.26. The number of hydrogen-bond acceptors (Lipinski definition) is 3. The number of methoxy groups -OCH3 is 1. The van der Waals surface area contributed by atoms with Gasteiger partial charge in [0.1, 0.15) is 5.75 Å². The molecule has 1 aliphatic heterocycles. The summed E-state index contributed by atoms with van der Waals surface area (Å²) in [6, 6.07) is 12.2. The molecule has 0 unspecified atom stereocenters. The summed E-state index contributed by atoms with van der Waals surface area (Å²) in [6.45, 7) is 1.66. The summed E-state index contributed by atoms with van der Waals surface area (Å²) in [7, 11) is 1.72. The van der Waals surface area contributed by atoms with Gasteiger partial charge in [0.05, 0.1) is 7.11 Å². The lowest BCUT2D eigenvalue weighted by Crippen LogP contribution is -2.38. The maximum Gasteiger partial charge on any atom is 0.222 e. The zero-order valence-electron chi connectivity index (χ0n) is 14.1. The van der Waals surface area contributed by atoms with E-state index < -0.39 is 0 Å². The van der Waals surface area contributed by atoms with Gasteiger partial charge in [-0.1, -0.05) is 24.3 Å². The number of carbonyl (C=O) groups is 1. The van der Waals surface area contributed by atoms with Crippen molar-refractivity contribution in [3.05, 3.63) is 59.9 Å². The Morgan fingerprint density at radius 1 is 1.21 bits per heavy atom. The van der Waals surface area contributed by atoms with Crippen molar-refractivity contribution >= 4 is 5.91 Å². The van der Waals surface area contributed by atoms with Gasteiger partial charge in [-0.3, -0.25) is 9.78 Å². The smallest absolute Gasteiger partial charge is 0.222 e. The molecule has 0 saturated carbocycles. The van der Waals surface area contributed by atoms with Crippen LogP contribution in [0.2, 0.25) is 0 Å². The normalized spacial score (nSPS) is 15.3. The van der Waals surface area contributed by atoms with Crippen molar-refractivity contribution in [3.8, 4) is 5.75 Å². The topological polar surface area (TPSA) is 42.4 Å². The number of hydrogen-bond donors (Lipinski definition) is 0. The number of piperidine rings is 1. The van der Waals surface area contributed by atoms with Gasteiger partial charge < -0.3 is 9.64 Å². The Morgan fingerprint density at radius 2 is 2.00 bits per heavy atom. The standard InChI is InChI=1S/C20H24N2O2/c1-24-19-7-3-2-6-18(19)17-10-13-22(14-11-17)20(23)9-8-16-5-4-12-21-15-16/h2-7,12,15,17H,8-11,13-14H2,1H3. The summed E-state index contributed by atoms with van der Waals surface area (Å²) >= 11 is 0. The fourth-order valence-corrected chi connectivity index (χ4v) is 3.40. The van der Waals surface area contributed by atoms with Crippen molar-refractivity contribution in [3.63, 3.8) is 0 Å². The van der Waals surface area contributed by atoms with Crippen molar-refractivity contribution in [2.24, 2.45) is 0 Å². The van der Waals surface area contributed by atoms with E-state index in [1.165, 1.54) is 5.56 Å². The number of pyridine rings is 1. The summed E-state index contributed by atoms with van der Waals surface area (Å²) in [5.41, 5.74) is 2.39. The number of benzene rings is 1. The van der Waals surface area contributed by atoms with Crippen LogP contribution in [0.5, 0.6) is 5.75 Å². The van der Waals surface area contributed by atoms with Crippen LogP contribution in [0.25, 0.3) is 0 Å². The van der Waals surface area contributed by atoms with Crippen LogP contribution < -0.4 is 4.74 Å². The highest BCUT2D eigenvalue weighted by Gasteiger charge is 2.25. The highest BCUT2D eigenvalue weighted by atomic mass is 16.5. The third-order valence-electron chi connectivity index (χ3n) is 4.78. The molecule has 0 N–H and O–H groups in total. The number of carbonyl (C=O) groups excluding carboxylic acids is 1. The molecule has 24 heavy (non-hydrogen) atoms. The molecule has 1 amide bonds. The summed E-state index contributed by atoms with van der Waals surface area (Å²) in [5, 5.41) is 0. The lowest BCUT2D eigenvalue weighted by Gasteiger charge is -2.33. The van der Waals surface area contributed by atoms with E-state index in [2.05, 4.69) is 17.1 Å². The van der Waals surface area contributed by atoms with Gasteiger partial charge in [0.2, 0.25) is 5.91 Å². The molecule has 1 saturated heterocycles. The molecule has 1 aromatic carbocycles. The quantitative estimate of drug-likeness (QED) is 0.846. The van der Waals surface area contributed by atoms with Crippen LogP contribution in [0.1, 0.15) is 36.3 Å². The average molecular weight is 324 g/mol. The van der Waals surface area contributed by atoms with Gasteiger partial charge in [0, 0.05) is 31.9 Å². The fraction of sp³-hybridized carbons (Fsp3) is 0.400. The van der Waals surface area contributed by atoms with Gasteiger partial charge in [-0.25, -0.2) is 0 Å². The number of rotatable bonds is 5. The van der Waals surface area contributed by atoms with Crippen LogP contribution in [0.4, 0.5) is 0 Å². The van der Waals surface area contributed by atoms with E-state index in [9.17, 15) is 4.79 Å². The third kappa shape index (κ3) is 3.94. The fourth-order valence-electron chi connectivity index (χ4n) is 3.40. The predicted octanol–water partition coefficient (Wildman–Crippen LogP) is 3.43. The molecule has 0 radical (unpaired) electrons. The SMILES string of the molecule is COc1ccccc1C1CCN(C(=O)CCc2cccnc2)CC1. The molecule has 3 rings (SSSR count). The largest absolute Gasteiger partial charge is 0.496 e. The maximum absolute atomic E-state index is 12.4. The first-order valence-corrected chi connectivity index (χ1v) is 8.57. The Hall–Kier alpha value is -2.36. The van der Waals surface area contributed by atoms with E-state index in [4.69, 9.17) is 4.74 Å². The highest BCUT2D eigenvalue weighted by Crippen LogP contribution is 2.34. The minimum absolute atomic E-state index is 0.248. The first kappa shape index (κ1) is 16.5. The molecule has 0 aliphatic carbocycles. The number of nitrogens with zero attached hydrogens (tertiary/aromatic N) is 2. The van der Waals surface area contributed by atoms with Crippen LogP contribution in [-0.2, 0) is 11.2 Å². The summed E-state index contributed by atoms with van der Waals surface area (Å²) in [5.74, 6) is 1.68. The minimum Gasteiger partial charge on any atom is -0.496 e.